The number of hydrogen-bond donors (Lipinski definition) is 0. The van der Waals surface area contributed by atoms with E-state index in [-0.39, 0.29) is 5.92 Å². The van der Waals surface area contributed by atoms with Crippen molar-refractivity contribution in [3.8, 4) is 0 Å². The van der Waals surface area contributed by atoms with Gasteiger partial charge in [0.2, 0.25) is 0 Å². The fraction of sp³-hybridized carbons (Fsp3) is 0.769. The van der Waals surface area contributed by atoms with E-state index < -0.39 is 10.2 Å². The van der Waals surface area contributed by atoms with E-state index in [1.165, 1.54) is 4.88 Å². The van der Waals surface area contributed by atoms with Crippen LogP contribution in [0.1, 0.15) is 41.5 Å². The molecule has 0 saturated carbocycles. The number of rotatable bonds is 3. The van der Waals surface area contributed by atoms with Gasteiger partial charge in [0.05, 0.1) is 5.01 Å². The van der Waals surface area contributed by atoms with Crippen LogP contribution in [0.2, 0.25) is 0 Å². The van der Waals surface area contributed by atoms with Crippen molar-refractivity contribution >= 4 is 21.5 Å². The standard InChI is InChI=1S/C13H21N3O2S2/c1-11-9-14-13(19-11)12-5-4-8-16(10-12)20(17,18)15-6-2-3-7-15/h9,12H,2-8,10H2,1H3. The summed E-state index contributed by atoms with van der Waals surface area (Å²) in [5.41, 5.74) is 0. The maximum Gasteiger partial charge on any atom is 0.281 e. The Hall–Kier alpha value is -0.500. The molecular weight excluding hydrogens is 294 g/mol. The molecule has 112 valence electrons. The van der Waals surface area contributed by atoms with Crippen molar-refractivity contribution in [1.82, 2.24) is 13.6 Å². The van der Waals surface area contributed by atoms with Crippen molar-refractivity contribution < 1.29 is 8.42 Å². The highest BCUT2D eigenvalue weighted by molar-refractivity contribution is 7.86. The first-order chi connectivity index (χ1) is 9.57. The molecule has 1 aromatic heterocycles. The van der Waals surface area contributed by atoms with Crippen molar-refractivity contribution in [2.45, 2.75) is 38.5 Å². The Labute approximate surface area is 124 Å². The van der Waals surface area contributed by atoms with Gasteiger partial charge in [0.15, 0.2) is 0 Å². The zero-order valence-electron chi connectivity index (χ0n) is 11.8. The van der Waals surface area contributed by atoms with Gasteiger partial charge in [-0.2, -0.15) is 17.0 Å². The molecule has 0 spiro atoms. The molecule has 7 heteroatoms. The van der Waals surface area contributed by atoms with Crippen LogP contribution >= 0.6 is 11.3 Å². The van der Waals surface area contributed by atoms with Gasteiger partial charge in [-0.15, -0.1) is 11.3 Å². The number of piperidine rings is 1. The van der Waals surface area contributed by atoms with Crippen LogP contribution in [-0.2, 0) is 10.2 Å². The lowest BCUT2D eigenvalue weighted by atomic mass is 10.0. The highest BCUT2D eigenvalue weighted by Gasteiger charge is 2.35. The third kappa shape index (κ3) is 2.77. The monoisotopic (exact) mass is 315 g/mol. The second-order valence-corrected chi connectivity index (χ2v) is 8.82. The van der Waals surface area contributed by atoms with Gasteiger partial charge in [0.1, 0.15) is 0 Å². The van der Waals surface area contributed by atoms with Crippen molar-refractivity contribution in [1.29, 1.82) is 0 Å². The summed E-state index contributed by atoms with van der Waals surface area (Å²) in [6, 6.07) is 0. The third-order valence-electron chi connectivity index (χ3n) is 4.09. The van der Waals surface area contributed by atoms with E-state index in [1.807, 2.05) is 13.1 Å². The van der Waals surface area contributed by atoms with Crippen molar-refractivity contribution in [3.05, 3.63) is 16.1 Å². The summed E-state index contributed by atoms with van der Waals surface area (Å²) in [5, 5.41) is 1.09. The van der Waals surface area contributed by atoms with Gasteiger partial charge in [0, 0.05) is 43.2 Å². The van der Waals surface area contributed by atoms with Gasteiger partial charge >= 0.3 is 0 Å². The molecule has 3 rings (SSSR count). The molecule has 3 heterocycles. The Balaban J connectivity index is 1.74. The molecule has 0 radical (unpaired) electrons. The highest BCUT2D eigenvalue weighted by atomic mass is 32.2. The van der Waals surface area contributed by atoms with Gasteiger partial charge in [0.25, 0.3) is 10.2 Å². The Morgan fingerprint density at radius 3 is 2.55 bits per heavy atom. The molecule has 2 fully saturated rings. The maximum atomic E-state index is 12.6. The second kappa shape index (κ2) is 5.71. The molecule has 0 aliphatic carbocycles. The van der Waals surface area contributed by atoms with Gasteiger partial charge in [-0.25, -0.2) is 4.98 Å². The largest absolute Gasteiger partial charge is 0.281 e. The normalized spacial score (nSPS) is 26.1. The Morgan fingerprint density at radius 2 is 1.90 bits per heavy atom. The number of thiazole rings is 1. The van der Waals surface area contributed by atoms with Crippen LogP contribution in [0.25, 0.3) is 0 Å². The number of aromatic nitrogens is 1. The lowest BCUT2D eigenvalue weighted by Gasteiger charge is -2.33. The Morgan fingerprint density at radius 1 is 1.20 bits per heavy atom. The second-order valence-electron chi connectivity index (χ2n) is 5.62. The lowest BCUT2D eigenvalue weighted by molar-refractivity contribution is 0.292. The van der Waals surface area contributed by atoms with Gasteiger partial charge in [-0.3, -0.25) is 0 Å². The molecule has 20 heavy (non-hydrogen) atoms. The van der Waals surface area contributed by atoms with E-state index in [0.717, 1.165) is 30.7 Å². The molecule has 5 nitrogen and oxygen atoms in total. The molecular formula is C13H21N3O2S2. The van der Waals surface area contributed by atoms with E-state index in [4.69, 9.17) is 0 Å². The Kier molecular flexibility index (Phi) is 4.12. The zero-order chi connectivity index (χ0) is 14.2. The fourth-order valence-corrected chi connectivity index (χ4v) is 5.67. The molecule has 1 unspecified atom stereocenters. The van der Waals surface area contributed by atoms with Crippen LogP contribution in [0.3, 0.4) is 0 Å². The van der Waals surface area contributed by atoms with Crippen LogP contribution in [-0.4, -0.2) is 48.2 Å². The SMILES string of the molecule is Cc1cnc(C2CCCN(S(=O)(=O)N3CCCC3)C2)s1. The number of aryl methyl sites for hydroxylation is 1. The number of nitrogens with zero attached hydrogens (tertiary/aromatic N) is 3. The average molecular weight is 315 g/mol. The van der Waals surface area contributed by atoms with E-state index >= 15 is 0 Å². The van der Waals surface area contributed by atoms with Gasteiger partial charge in [-0.1, -0.05) is 0 Å². The smallest absolute Gasteiger partial charge is 0.249 e. The average Bonchev–Trinajstić information content (AvgIpc) is 3.10. The summed E-state index contributed by atoms with van der Waals surface area (Å²) in [5.74, 6) is 0.264. The summed E-state index contributed by atoms with van der Waals surface area (Å²) in [6.45, 7) is 4.65. The van der Waals surface area contributed by atoms with E-state index in [1.54, 1.807) is 19.9 Å². The summed E-state index contributed by atoms with van der Waals surface area (Å²) >= 11 is 1.69. The number of hydrogen-bond acceptors (Lipinski definition) is 4. The predicted octanol–water partition coefficient (Wildman–Crippen LogP) is 1.97. The fourth-order valence-electron chi connectivity index (χ4n) is 3.00. The summed E-state index contributed by atoms with van der Waals surface area (Å²) in [7, 11) is -3.25. The van der Waals surface area contributed by atoms with Gasteiger partial charge < -0.3 is 0 Å². The topological polar surface area (TPSA) is 53.5 Å². The molecule has 1 atom stereocenters. The minimum absolute atomic E-state index is 0.264. The third-order valence-corrected chi connectivity index (χ3v) is 7.17. The van der Waals surface area contributed by atoms with Crippen LogP contribution in [0.5, 0.6) is 0 Å². The molecule has 0 bridgehead atoms. The lowest BCUT2D eigenvalue weighted by Crippen LogP contribution is -2.46. The van der Waals surface area contributed by atoms with Crippen LogP contribution in [0.15, 0.2) is 6.20 Å². The predicted molar refractivity (Wildman–Crippen MR) is 80.1 cm³/mol. The molecule has 0 aromatic carbocycles. The molecule has 0 amide bonds. The van der Waals surface area contributed by atoms with Gasteiger partial charge in [-0.05, 0) is 32.6 Å². The van der Waals surface area contributed by atoms with E-state index in [0.29, 0.717) is 26.2 Å². The van der Waals surface area contributed by atoms with E-state index in [9.17, 15) is 8.42 Å². The maximum absolute atomic E-state index is 12.6. The molecule has 0 N–H and O–H groups in total. The molecule has 1 aromatic rings. The zero-order valence-corrected chi connectivity index (χ0v) is 13.4. The highest BCUT2D eigenvalue weighted by Crippen LogP contribution is 2.32. The van der Waals surface area contributed by atoms with Crippen molar-refractivity contribution in [3.63, 3.8) is 0 Å². The van der Waals surface area contributed by atoms with Crippen LogP contribution in [0, 0.1) is 6.92 Å². The summed E-state index contributed by atoms with van der Waals surface area (Å²) < 4.78 is 28.5. The minimum atomic E-state index is -3.25. The quantitative estimate of drug-likeness (QED) is 0.857. The molecule has 2 aliphatic heterocycles. The molecule has 2 saturated heterocycles. The summed E-state index contributed by atoms with van der Waals surface area (Å²) in [6.07, 6.45) is 5.83. The first-order valence-corrected chi connectivity index (χ1v) is 9.46. The Bertz CT molecular complexity index is 564. The first-order valence-electron chi connectivity index (χ1n) is 7.25. The minimum Gasteiger partial charge on any atom is -0.249 e. The first kappa shape index (κ1) is 14.4. The van der Waals surface area contributed by atoms with E-state index in [2.05, 4.69) is 4.98 Å². The summed E-state index contributed by atoms with van der Waals surface area (Å²) in [4.78, 5) is 5.63. The van der Waals surface area contributed by atoms with Crippen molar-refractivity contribution in [2.75, 3.05) is 26.2 Å². The van der Waals surface area contributed by atoms with Crippen LogP contribution in [0.4, 0.5) is 0 Å². The van der Waals surface area contributed by atoms with Crippen LogP contribution < -0.4 is 0 Å². The molecule has 2 aliphatic rings. The van der Waals surface area contributed by atoms with Crippen molar-refractivity contribution in [2.24, 2.45) is 0 Å².